The topological polar surface area (TPSA) is 40.5 Å². The fourth-order valence-electron chi connectivity index (χ4n) is 1.95. The van der Waals surface area contributed by atoms with Crippen LogP contribution in [-0.2, 0) is 4.79 Å². The lowest BCUT2D eigenvalue weighted by molar-refractivity contribution is -0.144. The Hall–Kier alpha value is -0.220. The van der Waals surface area contributed by atoms with Crippen molar-refractivity contribution in [3.05, 3.63) is 0 Å². The van der Waals surface area contributed by atoms with Crippen LogP contribution in [0.3, 0.4) is 0 Å². The Balaban J connectivity index is 2.46. The third-order valence-electron chi connectivity index (χ3n) is 2.85. The van der Waals surface area contributed by atoms with Crippen LogP contribution >= 0.6 is 12.6 Å². The summed E-state index contributed by atoms with van der Waals surface area (Å²) in [6.45, 7) is 3.89. The average molecular weight is 217 g/mol. The van der Waals surface area contributed by atoms with Crippen molar-refractivity contribution in [2.75, 3.05) is 13.1 Å². The van der Waals surface area contributed by atoms with Crippen LogP contribution in [0.25, 0.3) is 0 Å². The SMILES string of the molecule is CCCCCN1CCC[C@@]1(S)C(=O)O. The van der Waals surface area contributed by atoms with Crippen molar-refractivity contribution in [2.24, 2.45) is 0 Å². The molecular weight excluding hydrogens is 198 g/mol. The van der Waals surface area contributed by atoms with Crippen LogP contribution in [0.1, 0.15) is 39.0 Å². The van der Waals surface area contributed by atoms with Gasteiger partial charge in [0.05, 0.1) is 0 Å². The number of carbonyl (C=O) groups is 1. The summed E-state index contributed by atoms with van der Waals surface area (Å²) in [6, 6.07) is 0. The van der Waals surface area contributed by atoms with E-state index < -0.39 is 10.8 Å². The molecule has 14 heavy (non-hydrogen) atoms. The highest BCUT2D eigenvalue weighted by molar-refractivity contribution is 7.82. The zero-order valence-corrected chi connectivity index (χ0v) is 9.59. The Morgan fingerprint density at radius 3 is 2.86 bits per heavy atom. The average Bonchev–Trinajstić information content (AvgIpc) is 2.50. The lowest BCUT2D eigenvalue weighted by Gasteiger charge is -2.29. The second kappa shape index (κ2) is 5.03. The molecule has 0 aromatic rings. The lowest BCUT2D eigenvalue weighted by Crippen LogP contribution is -2.46. The van der Waals surface area contributed by atoms with Crippen molar-refractivity contribution >= 4 is 18.6 Å². The minimum Gasteiger partial charge on any atom is -0.479 e. The van der Waals surface area contributed by atoms with Crippen molar-refractivity contribution in [3.63, 3.8) is 0 Å². The van der Waals surface area contributed by atoms with Gasteiger partial charge in [0, 0.05) is 6.54 Å². The van der Waals surface area contributed by atoms with E-state index in [2.05, 4.69) is 19.6 Å². The van der Waals surface area contributed by atoms with Gasteiger partial charge in [-0.3, -0.25) is 4.90 Å². The molecule has 0 amide bonds. The van der Waals surface area contributed by atoms with E-state index in [1.807, 2.05) is 4.90 Å². The zero-order valence-electron chi connectivity index (χ0n) is 8.70. The van der Waals surface area contributed by atoms with Crippen LogP contribution in [0, 0.1) is 0 Å². The largest absolute Gasteiger partial charge is 0.479 e. The van der Waals surface area contributed by atoms with Crippen LogP contribution in [0.2, 0.25) is 0 Å². The van der Waals surface area contributed by atoms with Gasteiger partial charge in [0.15, 0.2) is 4.87 Å². The first kappa shape index (κ1) is 11.9. The molecule has 3 nitrogen and oxygen atoms in total. The fraction of sp³-hybridized carbons (Fsp3) is 0.900. The normalized spacial score (nSPS) is 28.1. The Kier molecular flexibility index (Phi) is 4.26. The highest BCUT2D eigenvalue weighted by atomic mass is 32.1. The zero-order chi connectivity index (χ0) is 10.6. The van der Waals surface area contributed by atoms with Gasteiger partial charge >= 0.3 is 5.97 Å². The molecule has 82 valence electrons. The molecule has 1 aliphatic rings. The molecule has 0 spiro atoms. The summed E-state index contributed by atoms with van der Waals surface area (Å²) in [7, 11) is 0. The van der Waals surface area contributed by atoms with Crippen molar-refractivity contribution in [2.45, 2.75) is 43.9 Å². The van der Waals surface area contributed by atoms with E-state index in [0.717, 1.165) is 25.9 Å². The molecule has 0 bridgehead atoms. The van der Waals surface area contributed by atoms with E-state index in [0.29, 0.717) is 6.42 Å². The van der Waals surface area contributed by atoms with Crippen LogP contribution in [0.5, 0.6) is 0 Å². The molecule has 1 fully saturated rings. The van der Waals surface area contributed by atoms with Crippen molar-refractivity contribution in [1.82, 2.24) is 4.90 Å². The highest BCUT2D eigenvalue weighted by Crippen LogP contribution is 2.33. The van der Waals surface area contributed by atoms with Gasteiger partial charge in [-0.2, -0.15) is 0 Å². The maximum atomic E-state index is 11.0. The van der Waals surface area contributed by atoms with E-state index >= 15 is 0 Å². The summed E-state index contributed by atoms with van der Waals surface area (Å²) in [4.78, 5) is 12.1. The van der Waals surface area contributed by atoms with E-state index in [1.54, 1.807) is 0 Å². The molecule has 0 aliphatic carbocycles. The van der Waals surface area contributed by atoms with Crippen molar-refractivity contribution in [1.29, 1.82) is 0 Å². The number of aliphatic carboxylic acids is 1. The number of thiol groups is 1. The van der Waals surface area contributed by atoms with Gasteiger partial charge in [-0.05, 0) is 25.8 Å². The van der Waals surface area contributed by atoms with Gasteiger partial charge in [-0.15, -0.1) is 12.6 Å². The van der Waals surface area contributed by atoms with Crippen molar-refractivity contribution in [3.8, 4) is 0 Å². The van der Waals surface area contributed by atoms with Crippen LogP contribution in [0.15, 0.2) is 0 Å². The monoisotopic (exact) mass is 217 g/mol. The van der Waals surface area contributed by atoms with E-state index in [-0.39, 0.29) is 0 Å². The quantitative estimate of drug-likeness (QED) is 0.546. The predicted molar refractivity (Wildman–Crippen MR) is 59.7 cm³/mol. The van der Waals surface area contributed by atoms with Crippen molar-refractivity contribution < 1.29 is 9.90 Å². The van der Waals surface area contributed by atoms with Crippen LogP contribution < -0.4 is 0 Å². The minimum atomic E-state index is -0.895. The molecule has 0 aromatic heterocycles. The molecule has 0 radical (unpaired) electrons. The molecule has 0 saturated carbocycles. The molecule has 1 heterocycles. The maximum absolute atomic E-state index is 11.0. The standard InChI is InChI=1S/C10H19NO2S/c1-2-3-4-7-11-8-5-6-10(11,14)9(12)13/h14H,2-8H2,1H3,(H,12,13)/t10-/m1/s1. The number of hydrogen-bond acceptors (Lipinski definition) is 3. The molecule has 1 rings (SSSR count). The first-order chi connectivity index (χ1) is 6.61. The second-order valence-electron chi connectivity index (χ2n) is 3.92. The molecule has 1 aliphatic heterocycles. The number of hydrogen-bond donors (Lipinski definition) is 2. The van der Waals surface area contributed by atoms with E-state index in [9.17, 15) is 4.79 Å². The summed E-state index contributed by atoms with van der Waals surface area (Å²) in [6.07, 6.45) is 5.02. The van der Waals surface area contributed by atoms with Gasteiger partial charge in [0.1, 0.15) is 0 Å². The lowest BCUT2D eigenvalue weighted by atomic mass is 10.2. The van der Waals surface area contributed by atoms with E-state index in [4.69, 9.17) is 5.11 Å². The first-order valence-corrected chi connectivity index (χ1v) is 5.77. The number of rotatable bonds is 5. The summed E-state index contributed by atoms with van der Waals surface area (Å²) >= 11 is 4.30. The van der Waals surface area contributed by atoms with Crippen LogP contribution in [0.4, 0.5) is 0 Å². The molecular formula is C10H19NO2S. The summed E-state index contributed by atoms with van der Waals surface area (Å²) in [5.74, 6) is -0.796. The molecule has 0 aromatic carbocycles. The Morgan fingerprint density at radius 2 is 2.29 bits per heavy atom. The number of carboxylic acid groups (broad SMARTS) is 1. The predicted octanol–water partition coefficient (Wildman–Crippen LogP) is 1.98. The van der Waals surface area contributed by atoms with Crippen LogP contribution in [-0.4, -0.2) is 33.9 Å². The molecule has 1 saturated heterocycles. The number of likely N-dealkylation sites (tertiary alicyclic amines) is 1. The smallest absolute Gasteiger partial charge is 0.334 e. The fourth-order valence-corrected chi connectivity index (χ4v) is 2.31. The van der Waals surface area contributed by atoms with E-state index in [1.165, 1.54) is 12.8 Å². The minimum absolute atomic E-state index is 0.664. The third kappa shape index (κ3) is 2.42. The molecule has 4 heteroatoms. The summed E-state index contributed by atoms with van der Waals surface area (Å²) in [5, 5.41) is 9.08. The molecule has 0 unspecified atom stereocenters. The number of unbranched alkanes of at least 4 members (excludes halogenated alkanes) is 2. The molecule has 1 atom stereocenters. The summed E-state index contributed by atoms with van der Waals surface area (Å²) < 4.78 is 0. The van der Waals surface area contributed by atoms with Gasteiger partial charge in [-0.1, -0.05) is 19.8 Å². The maximum Gasteiger partial charge on any atom is 0.334 e. The Labute approximate surface area is 90.9 Å². The molecule has 1 N–H and O–H groups in total. The van der Waals surface area contributed by atoms with Gasteiger partial charge in [-0.25, -0.2) is 4.79 Å². The second-order valence-corrected chi connectivity index (χ2v) is 4.66. The number of carboxylic acids is 1. The first-order valence-electron chi connectivity index (χ1n) is 5.32. The summed E-state index contributed by atoms with van der Waals surface area (Å²) in [5.41, 5.74) is 0. The Bertz CT molecular complexity index is 210. The number of nitrogens with zero attached hydrogens (tertiary/aromatic N) is 1. The highest BCUT2D eigenvalue weighted by Gasteiger charge is 2.43. The third-order valence-corrected chi connectivity index (χ3v) is 3.55. The van der Waals surface area contributed by atoms with Gasteiger partial charge < -0.3 is 5.11 Å². The Morgan fingerprint density at radius 1 is 1.57 bits per heavy atom. The van der Waals surface area contributed by atoms with Gasteiger partial charge in [0.25, 0.3) is 0 Å². The van der Waals surface area contributed by atoms with Gasteiger partial charge in [0.2, 0.25) is 0 Å².